The first kappa shape index (κ1) is 19.9. The molecule has 1 fully saturated rings. The number of carbonyl (C=O) groups is 1. The highest BCUT2D eigenvalue weighted by Gasteiger charge is 2.23. The molecule has 8 nitrogen and oxygen atoms in total. The Morgan fingerprint density at radius 2 is 1.90 bits per heavy atom. The third-order valence-electron chi connectivity index (χ3n) is 5.55. The third-order valence-corrected chi connectivity index (χ3v) is 5.55. The Kier molecular flexibility index (Phi) is 5.65. The van der Waals surface area contributed by atoms with Gasteiger partial charge in [-0.2, -0.15) is 0 Å². The lowest BCUT2D eigenvalue weighted by Crippen LogP contribution is -2.44. The predicted molar refractivity (Wildman–Crippen MR) is 114 cm³/mol. The molecule has 0 spiro atoms. The topological polar surface area (TPSA) is 95.2 Å². The van der Waals surface area contributed by atoms with Crippen molar-refractivity contribution in [3.63, 3.8) is 0 Å². The molecule has 0 radical (unpaired) electrons. The van der Waals surface area contributed by atoms with E-state index in [0.717, 1.165) is 32.1 Å². The van der Waals surface area contributed by atoms with Gasteiger partial charge in [0, 0.05) is 12.2 Å². The number of para-hydroxylation sites is 2. The van der Waals surface area contributed by atoms with Crippen molar-refractivity contribution in [1.29, 1.82) is 0 Å². The van der Waals surface area contributed by atoms with Crippen molar-refractivity contribution in [3.05, 3.63) is 63.4 Å². The number of hydrogen-bond donors (Lipinski definition) is 1. The van der Waals surface area contributed by atoms with Crippen LogP contribution in [0.3, 0.4) is 0 Å². The molecule has 8 heteroatoms. The Bertz CT molecular complexity index is 1190. The summed E-state index contributed by atoms with van der Waals surface area (Å²) in [4.78, 5) is 43.4. The number of methoxy groups -OCH3 is 1. The molecule has 3 aromatic rings. The quantitative estimate of drug-likeness (QED) is 0.700. The summed E-state index contributed by atoms with van der Waals surface area (Å²) in [5.41, 5.74) is -0.102. The number of benzene rings is 1. The monoisotopic (exact) mass is 408 g/mol. The van der Waals surface area contributed by atoms with Gasteiger partial charge in [-0.05, 0) is 37.1 Å². The highest BCUT2D eigenvalue weighted by molar-refractivity contribution is 5.92. The Labute approximate surface area is 173 Å². The van der Waals surface area contributed by atoms with Gasteiger partial charge in [-0.15, -0.1) is 0 Å². The van der Waals surface area contributed by atoms with Crippen LogP contribution in [0.2, 0.25) is 0 Å². The number of aromatic nitrogens is 3. The summed E-state index contributed by atoms with van der Waals surface area (Å²) in [6.07, 6.45) is 6.16. The fourth-order valence-electron chi connectivity index (χ4n) is 4.10. The number of hydrogen-bond acceptors (Lipinski definition) is 5. The number of ether oxygens (including phenoxy) is 1. The number of pyridine rings is 1. The zero-order valence-corrected chi connectivity index (χ0v) is 16.8. The van der Waals surface area contributed by atoms with Gasteiger partial charge in [-0.25, -0.2) is 9.78 Å². The molecule has 0 saturated heterocycles. The highest BCUT2D eigenvalue weighted by atomic mass is 16.5. The van der Waals surface area contributed by atoms with Crippen molar-refractivity contribution in [2.24, 2.45) is 0 Å². The van der Waals surface area contributed by atoms with Crippen molar-refractivity contribution in [2.75, 3.05) is 12.4 Å². The molecule has 1 aliphatic carbocycles. The molecule has 1 saturated carbocycles. The van der Waals surface area contributed by atoms with Gasteiger partial charge < -0.3 is 10.1 Å². The Morgan fingerprint density at radius 3 is 2.67 bits per heavy atom. The van der Waals surface area contributed by atoms with E-state index >= 15 is 0 Å². The zero-order chi connectivity index (χ0) is 21.1. The van der Waals surface area contributed by atoms with E-state index in [4.69, 9.17) is 4.74 Å². The first-order valence-corrected chi connectivity index (χ1v) is 10.1. The van der Waals surface area contributed by atoms with Gasteiger partial charge >= 0.3 is 5.69 Å². The molecule has 2 heterocycles. The van der Waals surface area contributed by atoms with Gasteiger partial charge in [0.2, 0.25) is 5.91 Å². The van der Waals surface area contributed by atoms with Gasteiger partial charge in [0.1, 0.15) is 17.9 Å². The maximum absolute atomic E-state index is 13.3. The molecule has 2 aromatic heterocycles. The van der Waals surface area contributed by atoms with Crippen LogP contribution in [0.25, 0.3) is 11.0 Å². The number of rotatable bonds is 5. The van der Waals surface area contributed by atoms with E-state index in [1.807, 2.05) is 0 Å². The summed E-state index contributed by atoms with van der Waals surface area (Å²) in [5.74, 6) is 0.121. The Balaban J connectivity index is 1.75. The van der Waals surface area contributed by atoms with Gasteiger partial charge in [0.15, 0.2) is 0 Å². The van der Waals surface area contributed by atoms with E-state index in [9.17, 15) is 14.4 Å². The van der Waals surface area contributed by atoms with E-state index in [0.29, 0.717) is 16.8 Å². The maximum Gasteiger partial charge on any atom is 0.333 e. The van der Waals surface area contributed by atoms with E-state index < -0.39 is 11.6 Å². The summed E-state index contributed by atoms with van der Waals surface area (Å²) in [6, 6.07) is 10.2. The summed E-state index contributed by atoms with van der Waals surface area (Å²) in [7, 11) is 1.52. The standard InChI is InChI=1S/C22H24N4O4/c1-30-18-12-6-5-11-17(18)24-19(27)14-25-20-16(10-7-13-23-20)21(28)26(22(25)29)15-8-3-2-4-9-15/h5-7,10-13,15H,2-4,8-9,14H2,1H3,(H,24,27). The van der Waals surface area contributed by atoms with Crippen molar-refractivity contribution in [1.82, 2.24) is 14.1 Å². The second kappa shape index (κ2) is 8.52. The Hall–Kier alpha value is -3.42. The van der Waals surface area contributed by atoms with Crippen LogP contribution in [-0.4, -0.2) is 27.1 Å². The van der Waals surface area contributed by atoms with E-state index in [2.05, 4.69) is 10.3 Å². The van der Waals surface area contributed by atoms with Crippen LogP contribution >= 0.6 is 0 Å². The number of amides is 1. The molecular formula is C22H24N4O4. The minimum atomic E-state index is -0.492. The summed E-state index contributed by atoms with van der Waals surface area (Å²) in [5, 5.41) is 3.12. The molecule has 1 N–H and O–H groups in total. The Morgan fingerprint density at radius 1 is 1.13 bits per heavy atom. The van der Waals surface area contributed by atoms with Crippen molar-refractivity contribution >= 4 is 22.6 Å². The molecule has 1 amide bonds. The van der Waals surface area contributed by atoms with Gasteiger partial charge in [-0.3, -0.25) is 18.7 Å². The average molecular weight is 408 g/mol. The van der Waals surface area contributed by atoms with Crippen LogP contribution in [0.4, 0.5) is 5.69 Å². The smallest absolute Gasteiger partial charge is 0.333 e. The van der Waals surface area contributed by atoms with Crippen LogP contribution in [0.15, 0.2) is 52.2 Å². The first-order valence-electron chi connectivity index (χ1n) is 10.1. The average Bonchev–Trinajstić information content (AvgIpc) is 2.78. The number of nitrogens with one attached hydrogen (secondary N) is 1. The fraction of sp³-hybridized carbons (Fsp3) is 0.364. The SMILES string of the molecule is COc1ccccc1NC(=O)Cn1c(=O)n(C2CCCCC2)c(=O)c2cccnc21. The van der Waals surface area contributed by atoms with Crippen LogP contribution < -0.4 is 21.3 Å². The van der Waals surface area contributed by atoms with Crippen LogP contribution in [0.1, 0.15) is 38.1 Å². The summed E-state index contributed by atoms with van der Waals surface area (Å²) < 4.78 is 7.87. The lowest BCUT2D eigenvalue weighted by atomic mass is 9.95. The second-order valence-corrected chi connectivity index (χ2v) is 7.46. The number of fused-ring (bicyclic) bond motifs is 1. The molecule has 0 atom stereocenters. The molecule has 156 valence electrons. The van der Waals surface area contributed by atoms with E-state index in [-0.39, 0.29) is 23.8 Å². The number of carbonyl (C=O) groups excluding carboxylic acids is 1. The highest BCUT2D eigenvalue weighted by Crippen LogP contribution is 2.26. The van der Waals surface area contributed by atoms with Gasteiger partial charge in [0.05, 0.1) is 18.2 Å². The van der Waals surface area contributed by atoms with E-state index in [1.165, 1.54) is 22.4 Å². The third kappa shape index (κ3) is 3.72. The summed E-state index contributed by atoms with van der Waals surface area (Å²) >= 11 is 0. The molecule has 0 aliphatic heterocycles. The molecule has 0 bridgehead atoms. The van der Waals surface area contributed by atoms with Crippen LogP contribution in [0.5, 0.6) is 5.75 Å². The van der Waals surface area contributed by atoms with Crippen molar-refractivity contribution in [2.45, 2.75) is 44.7 Å². The zero-order valence-electron chi connectivity index (χ0n) is 16.8. The number of nitrogens with zero attached hydrogens (tertiary/aromatic N) is 3. The molecule has 30 heavy (non-hydrogen) atoms. The maximum atomic E-state index is 13.3. The lowest BCUT2D eigenvalue weighted by molar-refractivity contribution is -0.116. The fourth-order valence-corrected chi connectivity index (χ4v) is 4.10. The lowest BCUT2D eigenvalue weighted by Gasteiger charge is -2.24. The van der Waals surface area contributed by atoms with Crippen LogP contribution in [-0.2, 0) is 11.3 Å². The van der Waals surface area contributed by atoms with Crippen molar-refractivity contribution < 1.29 is 9.53 Å². The van der Waals surface area contributed by atoms with Gasteiger partial charge in [-0.1, -0.05) is 31.4 Å². The predicted octanol–water partition coefficient (Wildman–Crippen LogP) is 2.71. The molecule has 4 rings (SSSR count). The minimum Gasteiger partial charge on any atom is -0.495 e. The largest absolute Gasteiger partial charge is 0.495 e. The van der Waals surface area contributed by atoms with Gasteiger partial charge in [0.25, 0.3) is 5.56 Å². The minimum absolute atomic E-state index is 0.146. The normalized spacial score (nSPS) is 14.6. The number of anilines is 1. The van der Waals surface area contributed by atoms with Crippen molar-refractivity contribution in [3.8, 4) is 5.75 Å². The molecule has 1 aromatic carbocycles. The molecule has 1 aliphatic rings. The van der Waals surface area contributed by atoms with E-state index in [1.54, 1.807) is 36.4 Å². The summed E-state index contributed by atoms with van der Waals surface area (Å²) in [6.45, 7) is -0.253. The van der Waals surface area contributed by atoms with Crippen LogP contribution in [0, 0.1) is 0 Å². The molecular weight excluding hydrogens is 384 g/mol. The second-order valence-electron chi connectivity index (χ2n) is 7.46. The molecule has 0 unspecified atom stereocenters. The first-order chi connectivity index (χ1) is 14.6.